The van der Waals surface area contributed by atoms with Crippen molar-refractivity contribution in [2.45, 2.75) is 12.1 Å². The largest absolute Gasteiger partial charge is 0.493 e. The van der Waals surface area contributed by atoms with Gasteiger partial charge in [-0.25, -0.2) is 9.96 Å². The monoisotopic (exact) mass is 494 g/mol. The van der Waals surface area contributed by atoms with Crippen LogP contribution in [0, 0.1) is 5.92 Å². The SMILES string of the molecule is COc1ccc([C@H]2[C@H]3C(=O)N(c4ccc(Cl)cc4)C(=O)[C@H]3ON2c2ccccc2)c(OC)c1OC. The van der Waals surface area contributed by atoms with Crippen LogP contribution in [0.3, 0.4) is 0 Å². The summed E-state index contributed by atoms with van der Waals surface area (Å²) in [4.78, 5) is 34.6. The number of hydrogen-bond acceptors (Lipinski definition) is 7. The van der Waals surface area contributed by atoms with E-state index in [1.54, 1.807) is 41.5 Å². The Bertz CT molecular complexity index is 1270. The number of ether oxygens (including phenoxy) is 3. The standard InChI is InChI=1S/C26H23ClN2O6/c1-32-19-14-13-18(22(33-2)23(19)34-3)21-20-24(35-29(21)17-7-5-4-6-8-17)26(31)28(25(20)30)16-11-9-15(27)10-12-16/h4-14,20-21,24H,1-3H3/t20-,21+,24+/m1/s1. The first kappa shape index (κ1) is 23.0. The third-order valence-electron chi connectivity index (χ3n) is 6.26. The molecule has 2 amide bonds. The molecule has 3 aromatic carbocycles. The molecule has 0 aromatic heterocycles. The Morgan fingerprint density at radius 2 is 1.46 bits per heavy atom. The van der Waals surface area contributed by atoms with E-state index in [4.69, 9.17) is 30.6 Å². The molecular weight excluding hydrogens is 472 g/mol. The van der Waals surface area contributed by atoms with Gasteiger partial charge in [-0.1, -0.05) is 29.8 Å². The minimum Gasteiger partial charge on any atom is -0.493 e. The first-order valence-corrected chi connectivity index (χ1v) is 11.3. The van der Waals surface area contributed by atoms with E-state index in [-0.39, 0.29) is 5.91 Å². The fourth-order valence-electron chi connectivity index (χ4n) is 4.73. The fourth-order valence-corrected chi connectivity index (χ4v) is 4.86. The smallest absolute Gasteiger partial charge is 0.266 e. The Morgan fingerprint density at radius 1 is 0.771 bits per heavy atom. The van der Waals surface area contributed by atoms with Crippen LogP contribution in [0.15, 0.2) is 66.7 Å². The topological polar surface area (TPSA) is 77.5 Å². The van der Waals surface area contributed by atoms with Gasteiger partial charge in [0.15, 0.2) is 17.6 Å². The lowest BCUT2D eigenvalue weighted by Crippen LogP contribution is -2.37. The third kappa shape index (κ3) is 3.66. The van der Waals surface area contributed by atoms with Crippen LogP contribution in [-0.4, -0.2) is 39.2 Å². The third-order valence-corrected chi connectivity index (χ3v) is 6.52. The first-order valence-electron chi connectivity index (χ1n) is 10.9. The van der Waals surface area contributed by atoms with E-state index in [1.807, 2.05) is 30.3 Å². The molecule has 0 aliphatic carbocycles. The van der Waals surface area contributed by atoms with Gasteiger partial charge in [-0.3, -0.25) is 14.4 Å². The number of carbonyl (C=O) groups excluding carboxylic acids is 2. The van der Waals surface area contributed by atoms with Crippen molar-refractivity contribution >= 4 is 34.8 Å². The predicted molar refractivity (Wildman–Crippen MR) is 130 cm³/mol. The maximum atomic E-state index is 13.8. The molecule has 2 fully saturated rings. The highest BCUT2D eigenvalue weighted by Gasteiger charge is 2.61. The summed E-state index contributed by atoms with van der Waals surface area (Å²) in [5, 5.41) is 2.11. The molecule has 180 valence electrons. The van der Waals surface area contributed by atoms with Crippen molar-refractivity contribution in [1.29, 1.82) is 0 Å². The number of rotatable bonds is 6. The van der Waals surface area contributed by atoms with Crippen molar-refractivity contribution in [3.05, 3.63) is 77.3 Å². The van der Waals surface area contributed by atoms with E-state index in [9.17, 15) is 9.59 Å². The highest BCUT2D eigenvalue weighted by atomic mass is 35.5. The van der Waals surface area contributed by atoms with Crippen molar-refractivity contribution in [3.8, 4) is 17.2 Å². The van der Waals surface area contributed by atoms with Gasteiger partial charge in [0.25, 0.3) is 5.91 Å². The van der Waals surface area contributed by atoms with Crippen LogP contribution in [0.4, 0.5) is 11.4 Å². The molecule has 3 atom stereocenters. The Hall–Kier alpha value is -3.75. The highest BCUT2D eigenvalue weighted by Crippen LogP contribution is 2.52. The molecule has 0 bridgehead atoms. The maximum absolute atomic E-state index is 13.8. The molecule has 8 nitrogen and oxygen atoms in total. The molecule has 2 saturated heterocycles. The quantitative estimate of drug-likeness (QED) is 0.469. The number of anilines is 2. The number of amides is 2. The summed E-state index contributed by atoms with van der Waals surface area (Å²) in [5.74, 6) is -0.382. The number of fused-ring (bicyclic) bond motifs is 1. The molecule has 3 aromatic rings. The molecule has 0 radical (unpaired) electrons. The summed E-state index contributed by atoms with van der Waals surface area (Å²) < 4.78 is 16.7. The van der Waals surface area contributed by atoms with Crippen molar-refractivity contribution in [1.82, 2.24) is 0 Å². The van der Waals surface area contributed by atoms with E-state index >= 15 is 0 Å². The van der Waals surface area contributed by atoms with Gasteiger partial charge in [0.1, 0.15) is 12.0 Å². The summed E-state index contributed by atoms with van der Waals surface area (Å²) in [6.45, 7) is 0. The van der Waals surface area contributed by atoms with Crippen LogP contribution >= 0.6 is 11.6 Å². The molecule has 0 spiro atoms. The van der Waals surface area contributed by atoms with Crippen LogP contribution < -0.4 is 24.2 Å². The molecule has 0 N–H and O–H groups in total. The summed E-state index contributed by atoms with van der Waals surface area (Å²) in [6.07, 6.45) is -1.01. The van der Waals surface area contributed by atoms with Crippen LogP contribution in [-0.2, 0) is 14.4 Å². The predicted octanol–water partition coefficient (Wildman–Crippen LogP) is 4.42. The molecule has 2 heterocycles. The number of hydrogen-bond donors (Lipinski definition) is 0. The van der Waals surface area contributed by atoms with Gasteiger partial charge in [-0.05, 0) is 48.5 Å². The van der Waals surface area contributed by atoms with Crippen LogP contribution in [0.25, 0.3) is 0 Å². The number of methoxy groups -OCH3 is 3. The number of hydroxylamine groups is 1. The zero-order valence-electron chi connectivity index (χ0n) is 19.3. The number of nitrogens with zero attached hydrogens (tertiary/aromatic N) is 2. The lowest BCUT2D eigenvalue weighted by molar-refractivity contribution is -0.126. The lowest BCUT2D eigenvalue weighted by atomic mass is 9.89. The zero-order chi connectivity index (χ0) is 24.7. The molecular formula is C26H23ClN2O6. The van der Waals surface area contributed by atoms with Gasteiger partial charge in [-0.2, -0.15) is 0 Å². The van der Waals surface area contributed by atoms with Gasteiger partial charge in [0, 0.05) is 10.6 Å². The first-order chi connectivity index (χ1) is 17.0. The normalized spacial score (nSPS) is 21.3. The van der Waals surface area contributed by atoms with E-state index < -0.39 is 24.0 Å². The van der Waals surface area contributed by atoms with E-state index in [1.165, 1.54) is 21.3 Å². The van der Waals surface area contributed by atoms with E-state index in [0.29, 0.717) is 39.2 Å². The number of imide groups is 1. The second kappa shape index (κ2) is 9.13. The van der Waals surface area contributed by atoms with Crippen molar-refractivity contribution in [3.63, 3.8) is 0 Å². The Kier molecular flexibility index (Phi) is 6.00. The molecule has 0 unspecified atom stereocenters. The Labute approximate surface area is 207 Å². The average Bonchev–Trinajstić information content (AvgIpc) is 3.39. The summed E-state index contributed by atoms with van der Waals surface area (Å²) in [5.41, 5.74) is 1.76. The van der Waals surface area contributed by atoms with Gasteiger partial charge >= 0.3 is 0 Å². The number of carbonyl (C=O) groups is 2. The van der Waals surface area contributed by atoms with E-state index in [2.05, 4.69) is 0 Å². The van der Waals surface area contributed by atoms with Gasteiger partial charge in [0.05, 0.1) is 32.7 Å². The molecule has 9 heteroatoms. The number of benzene rings is 3. The molecule has 35 heavy (non-hydrogen) atoms. The molecule has 0 saturated carbocycles. The van der Waals surface area contributed by atoms with Gasteiger partial charge in [-0.15, -0.1) is 0 Å². The minimum absolute atomic E-state index is 0.373. The summed E-state index contributed by atoms with van der Waals surface area (Å²) >= 11 is 6.01. The lowest BCUT2D eigenvalue weighted by Gasteiger charge is -2.30. The average molecular weight is 495 g/mol. The maximum Gasteiger partial charge on any atom is 0.266 e. The number of para-hydroxylation sites is 1. The summed E-state index contributed by atoms with van der Waals surface area (Å²) in [6, 6.07) is 18.7. The minimum atomic E-state index is -1.01. The molecule has 2 aliphatic rings. The molecule has 2 aliphatic heterocycles. The van der Waals surface area contributed by atoms with Crippen LogP contribution in [0.5, 0.6) is 17.2 Å². The fraction of sp³-hybridized carbons (Fsp3) is 0.231. The summed E-state index contributed by atoms with van der Waals surface area (Å²) in [7, 11) is 4.56. The van der Waals surface area contributed by atoms with Crippen molar-refractivity contribution < 1.29 is 28.6 Å². The van der Waals surface area contributed by atoms with Crippen LogP contribution in [0.1, 0.15) is 11.6 Å². The van der Waals surface area contributed by atoms with E-state index in [0.717, 1.165) is 4.90 Å². The van der Waals surface area contributed by atoms with Crippen molar-refractivity contribution in [2.75, 3.05) is 31.3 Å². The van der Waals surface area contributed by atoms with Gasteiger partial charge < -0.3 is 14.2 Å². The van der Waals surface area contributed by atoms with Gasteiger partial charge in [0.2, 0.25) is 11.7 Å². The number of halogens is 1. The highest BCUT2D eigenvalue weighted by molar-refractivity contribution is 6.31. The second-order valence-electron chi connectivity index (χ2n) is 8.07. The Balaban J connectivity index is 1.65. The zero-order valence-corrected chi connectivity index (χ0v) is 20.1. The van der Waals surface area contributed by atoms with Crippen molar-refractivity contribution in [2.24, 2.45) is 5.92 Å². The Morgan fingerprint density at radius 3 is 2.09 bits per heavy atom. The van der Waals surface area contributed by atoms with Crippen LogP contribution in [0.2, 0.25) is 5.02 Å². The molecule has 5 rings (SSSR count). The second-order valence-corrected chi connectivity index (χ2v) is 8.51.